The zero-order chi connectivity index (χ0) is 14.4. The van der Waals surface area contributed by atoms with Crippen molar-refractivity contribution in [2.75, 3.05) is 19.6 Å². The Morgan fingerprint density at radius 1 is 1.26 bits per heavy atom. The Morgan fingerprint density at radius 2 is 1.84 bits per heavy atom. The van der Waals surface area contributed by atoms with Crippen LogP contribution in [-0.2, 0) is 0 Å². The summed E-state index contributed by atoms with van der Waals surface area (Å²) in [5, 5.41) is 3.79. The summed E-state index contributed by atoms with van der Waals surface area (Å²) in [6.45, 7) is 20.4. The van der Waals surface area contributed by atoms with Gasteiger partial charge in [-0.15, -0.1) is 0 Å². The lowest BCUT2D eigenvalue weighted by molar-refractivity contribution is 0.0570. The van der Waals surface area contributed by atoms with E-state index in [2.05, 4.69) is 58.7 Å². The molecule has 19 heavy (non-hydrogen) atoms. The molecule has 1 saturated heterocycles. The molecular formula is C17H34N2. The fourth-order valence-corrected chi connectivity index (χ4v) is 3.44. The minimum absolute atomic E-state index is 0.360. The largest absolute Gasteiger partial charge is 0.311 e. The number of hydrogen-bond acceptors (Lipinski definition) is 2. The van der Waals surface area contributed by atoms with Crippen LogP contribution in [0.1, 0.15) is 54.9 Å². The maximum atomic E-state index is 3.79. The predicted octanol–water partition coefficient (Wildman–Crippen LogP) is 3.38. The molecule has 1 aliphatic heterocycles. The third-order valence-electron chi connectivity index (χ3n) is 5.45. The fraction of sp³-hybridized carbons (Fsp3) is 1.00. The van der Waals surface area contributed by atoms with Crippen molar-refractivity contribution < 1.29 is 0 Å². The number of hydrogen-bond donors (Lipinski definition) is 1. The minimum Gasteiger partial charge on any atom is -0.311 e. The molecule has 1 aliphatic carbocycles. The smallest absolute Gasteiger partial charge is 0.0244 e. The molecule has 2 fully saturated rings. The summed E-state index contributed by atoms with van der Waals surface area (Å²) in [4.78, 5) is 2.79. The van der Waals surface area contributed by atoms with Crippen LogP contribution in [0.3, 0.4) is 0 Å². The van der Waals surface area contributed by atoms with Gasteiger partial charge in [0.15, 0.2) is 0 Å². The molecule has 0 aromatic carbocycles. The van der Waals surface area contributed by atoms with Gasteiger partial charge in [0.1, 0.15) is 0 Å². The summed E-state index contributed by atoms with van der Waals surface area (Å²) < 4.78 is 0. The molecule has 1 N–H and O–H groups in total. The lowest BCUT2D eigenvalue weighted by atomic mass is 9.83. The van der Waals surface area contributed by atoms with Crippen molar-refractivity contribution in [3.63, 3.8) is 0 Å². The summed E-state index contributed by atoms with van der Waals surface area (Å²) in [5.41, 5.74) is 0.961. The Bertz CT molecular complexity index is 314. The Kier molecular flexibility index (Phi) is 4.06. The molecule has 2 rings (SSSR count). The van der Waals surface area contributed by atoms with Crippen LogP contribution in [-0.4, -0.2) is 36.6 Å². The first-order valence-corrected chi connectivity index (χ1v) is 8.08. The molecular weight excluding hydrogens is 232 g/mol. The van der Waals surface area contributed by atoms with Crippen LogP contribution in [0.25, 0.3) is 0 Å². The molecule has 0 amide bonds. The van der Waals surface area contributed by atoms with E-state index >= 15 is 0 Å². The monoisotopic (exact) mass is 266 g/mol. The third kappa shape index (κ3) is 3.52. The van der Waals surface area contributed by atoms with Crippen molar-refractivity contribution >= 4 is 0 Å². The molecule has 0 spiro atoms. The van der Waals surface area contributed by atoms with Crippen molar-refractivity contribution in [1.29, 1.82) is 0 Å². The van der Waals surface area contributed by atoms with E-state index in [1.807, 2.05) is 0 Å². The van der Waals surface area contributed by atoms with Gasteiger partial charge >= 0.3 is 0 Å². The number of piperazine rings is 1. The molecule has 1 heterocycles. The number of rotatable bonds is 3. The van der Waals surface area contributed by atoms with E-state index < -0.39 is 0 Å². The Balaban J connectivity index is 2.01. The zero-order valence-corrected chi connectivity index (χ0v) is 14.1. The van der Waals surface area contributed by atoms with Crippen molar-refractivity contribution in [2.45, 2.75) is 67.0 Å². The summed E-state index contributed by atoms with van der Waals surface area (Å²) >= 11 is 0. The molecule has 0 radical (unpaired) electrons. The van der Waals surface area contributed by atoms with E-state index in [-0.39, 0.29) is 0 Å². The Morgan fingerprint density at radius 3 is 2.26 bits per heavy atom. The summed E-state index contributed by atoms with van der Waals surface area (Å²) in [7, 11) is 0. The van der Waals surface area contributed by atoms with Crippen LogP contribution in [0.5, 0.6) is 0 Å². The summed E-state index contributed by atoms with van der Waals surface area (Å²) in [6.07, 6.45) is 1.42. The maximum absolute atomic E-state index is 3.79. The molecule has 2 aliphatic rings. The maximum Gasteiger partial charge on any atom is 0.0244 e. The average Bonchev–Trinajstić information content (AvgIpc) is 2.84. The first-order chi connectivity index (χ1) is 8.61. The van der Waals surface area contributed by atoms with Crippen molar-refractivity contribution in [1.82, 2.24) is 10.2 Å². The molecule has 1 saturated carbocycles. The fourth-order valence-electron chi connectivity index (χ4n) is 3.44. The van der Waals surface area contributed by atoms with Crippen LogP contribution >= 0.6 is 0 Å². The molecule has 0 aromatic heterocycles. The normalized spacial score (nSPS) is 35.7. The topological polar surface area (TPSA) is 15.3 Å². The molecule has 0 aromatic rings. The molecule has 2 nitrogen and oxygen atoms in total. The van der Waals surface area contributed by atoms with Gasteiger partial charge in [0, 0.05) is 31.7 Å². The van der Waals surface area contributed by atoms with Gasteiger partial charge in [-0.3, -0.25) is 4.90 Å². The first kappa shape index (κ1) is 15.3. The van der Waals surface area contributed by atoms with Gasteiger partial charge in [0.05, 0.1) is 0 Å². The molecule has 2 heteroatoms. The SMILES string of the molecule is CC(C)C1CNC(C(C)(C)C)CN1CC1CC1(C)C. The van der Waals surface area contributed by atoms with Crippen LogP contribution in [0.15, 0.2) is 0 Å². The minimum atomic E-state index is 0.360. The van der Waals surface area contributed by atoms with Crippen LogP contribution < -0.4 is 5.32 Å². The quantitative estimate of drug-likeness (QED) is 0.842. The second-order valence-corrected chi connectivity index (χ2v) is 8.98. The van der Waals surface area contributed by atoms with E-state index in [0.717, 1.165) is 24.4 Å². The van der Waals surface area contributed by atoms with Crippen molar-refractivity contribution in [2.24, 2.45) is 22.7 Å². The molecule has 3 atom stereocenters. The van der Waals surface area contributed by atoms with Crippen molar-refractivity contribution in [3.05, 3.63) is 0 Å². The highest BCUT2D eigenvalue weighted by Gasteiger charge is 2.47. The lowest BCUT2D eigenvalue weighted by Crippen LogP contribution is -2.62. The first-order valence-electron chi connectivity index (χ1n) is 8.08. The van der Waals surface area contributed by atoms with E-state index in [1.165, 1.54) is 19.5 Å². The molecule has 0 bridgehead atoms. The van der Waals surface area contributed by atoms with E-state index in [4.69, 9.17) is 0 Å². The van der Waals surface area contributed by atoms with Crippen LogP contribution in [0.2, 0.25) is 0 Å². The van der Waals surface area contributed by atoms with Gasteiger partial charge in [-0.1, -0.05) is 48.5 Å². The van der Waals surface area contributed by atoms with Gasteiger partial charge in [0.2, 0.25) is 0 Å². The predicted molar refractivity (Wildman–Crippen MR) is 83.3 cm³/mol. The number of nitrogens with zero attached hydrogens (tertiary/aromatic N) is 1. The standard InChI is InChI=1S/C17H34N2/c1-12(2)14-9-18-15(16(3,4)5)11-19(14)10-13-8-17(13,6)7/h12-15,18H,8-11H2,1-7H3. The Hall–Kier alpha value is -0.0800. The van der Waals surface area contributed by atoms with Gasteiger partial charge < -0.3 is 5.32 Å². The van der Waals surface area contributed by atoms with Crippen molar-refractivity contribution in [3.8, 4) is 0 Å². The van der Waals surface area contributed by atoms with E-state index in [9.17, 15) is 0 Å². The third-order valence-corrected chi connectivity index (χ3v) is 5.45. The average molecular weight is 266 g/mol. The lowest BCUT2D eigenvalue weighted by Gasteiger charge is -2.46. The second-order valence-electron chi connectivity index (χ2n) is 8.98. The van der Waals surface area contributed by atoms with E-state index in [1.54, 1.807) is 0 Å². The number of nitrogens with one attached hydrogen (secondary N) is 1. The highest BCUT2D eigenvalue weighted by molar-refractivity contribution is 5.00. The molecule has 112 valence electrons. The van der Waals surface area contributed by atoms with Gasteiger partial charge in [-0.05, 0) is 29.1 Å². The highest BCUT2D eigenvalue weighted by Crippen LogP contribution is 2.52. The van der Waals surface area contributed by atoms with Crippen LogP contribution in [0, 0.1) is 22.7 Å². The summed E-state index contributed by atoms with van der Waals surface area (Å²) in [6, 6.07) is 1.35. The van der Waals surface area contributed by atoms with Gasteiger partial charge in [-0.2, -0.15) is 0 Å². The van der Waals surface area contributed by atoms with Crippen LogP contribution in [0.4, 0.5) is 0 Å². The molecule has 3 unspecified atom stereocenters. The van der Waals surface area contributed by atoms with Gasteiger partial charge in [0.25, 0.3) is 0 Å². The second kappa shape index (κ2) is 5.04. The highest BCUT2D eigenvalue weighted by atomic mass is 15.2. The van der Waals surface area contributed by atoms with E-state index in [0.29, 0.717) is 16.9 Å². The Labute approximate surface area is 120 Å². The zero-order valence-electron chi connectivity index (χ0n) is 14.1. The summed E-state index contributed by atoms with van der Waals surface area (Å²) in [5.74, 6) is 1.67. The van der Waals surface area contributed by atoms with Gasteiger partial charge in [-0.25, -0.2) is 0 Å².